The summed E-state index contributed by atoms with van der Waals surface area (Å²) < 4.78 is 26.7. The van der Waals surface area contributed by atoms with E-state index in [0.717, 1.165) is 75.0 Å². The Bertz CT molecular complexity index is 1110. The number of aromatic nitrogens is 2. The number of hydrogen-bond donors (Lipinski definition) is 1. The molecule has 2 aliphatic heterocycles. The molecule has 9 heteroatoms. The molecule has 0 saturated carbocycles. The highest BCUT2D eigenvalue weighted by Gasteiger charge is 2.43. The molecule has 2 fully saturated rings. The van der Waals surface area contributed by atoms with E-state index in [1.165, 1.54) is 0 Å². The molecule has 172 valence electrons. The van der Waals surface area contributed by atoms with Crippen LogP contribution in [-0.4, -0.2) is 65.7 Å². The number of carbonyl (C=O) groups is 1. The van der Waals surface area contributed by atoms with Crippen molar-refractivity contribution in [1.29, 1.82) is 0 Å². The van der Waals surface area contributed by atoms with Crippen molar-refractivity contribution in [3.63, 3.8) is 0 Å². The number of benzene rings is 1. The second-order valence-electron chi connectivity index (χ2n) is 9.19. The van der Waals surface area contributed by atoms with Crippen molar-refractivity contribution in [2.75, 3.05) is 24.6 Å². The van der Waals surface area contributed by atoms with Gasteiger partial charge in [0.1, 0.15) is 0 Å². The third-order valence-corrected chi connectivity index (χ3v) is 8.93. The smallest absolute Gasteiger partial charge is 0.272 e. The van der Waals surface area contributed by atoms with E-state index in [1.54, 1.807) is 0 Å². The van der Waals surface area contributed by atoms with Gasteiger partial charge in [-0.15, -0.1) is 0 Å². The van der Waals surface area contributed by atoms with E-state index < -0.39 is 15.9 Å². The number of sulfone groups is 1. The summed E-state index contributed by atoms with van der Waals surface area (Å²) >= 11 is 6.06. The molecule has 0 spiro atoms. The molecule has 3 heterocycles. The van der Waals surface area contributed by atoms with E-state index in [9.17, 15) is 13.2 Å². The van der Waals surface area contributed by atoms with Crippen LogP contribution in [0.5, 0.6) is 0 Å². The zero-order chi connectivity index (χ0) is 22.3. The number of amides is 1. The molecule has 1 aromatic carbocycles. The summed E-state index contributed by atoms with van der Waals surface area (Å²) in [4.78, 5) is 15.7. The van der Waals surface area contributed by atoms with Crippen LogP contribution in [0.15, 0.2) is 24.3 Å². The predicted molar refractivity (Wildman–Crippen MR) is 124 cm³/mol. The van der Waals surface area contributed by atoms with Crippen LogP contribution in [0.4, 0.5) is 0 Å². The maximum absolute atomic E-state index is 13.4. The molecule has 5 rings (SSSR count). The Balaban J connectivity index is 1.46. The van der Waals surface area contributed by atoms with Gasteiger partial charge in [-0.2, -0.15) is 5.10 Å². The number of fused-ring (bicyclic) bond motifs is 1. The Morgan fingerprint density at radius 2 is 1.72 bits per heavy atom. The second kappa shape index (κ2) is 8.80. The molecule has 32 heavy (non-hydrogen) atoms. The highest BCUT2D eigenvalue weighted by atomic mass is 35.5. The first kappa shape index (κ1) is 21.9. The van der Waals surface area contributed by atoms with Gasteiger partial charge >= 0.3 is 0 Å². The lowest BCUT2D eigenvalue weighted by Gasteiger charge is -2.28. The van der Waals surface area contributed by atoms with Gasteiger partial charge in [-0.1, -0.05) is 18.0 Å². The van der Waals surface area contributed by atoms with Gasteiger partial charge < -0.3 is 5.32 Å². The Labute approximate surface area is 194 Å². The van der Waals surface area contributed by atoms with Gasteiger partial charge in [0.25, 0.3) is 5.91 Å². The highest BCUT2D eigenvalue weighted by Crippen LogP contribution is 2.28. The van der Waals surface area contributed by atoms with Gasteiger partial charge in [0.15, 0.2) is 15.5 Å². The molecular weight excluding hydrogens is 448 g/mol. The minimum Gasteiger partial charge on any atom is -0.345 e. The molecule has 2 aromatic rings. The van der Waals surface area contributed by atoms with Crippen LogP contribution in [0.1, 0.15) is 53.8 Å². The van der Waals surface area contributed by atoms with Crippen LogP contribution in [0.25, 0.3) is 5.69 Å². The molecule has 2 saturated heterocycles. The predicted octanol–water partition coefficient (Wildman–Crippen LogP) is 2.79. The number of likely N-dealkylation sites (tertiary alicyclic amines) is 1. The van der Waals surface area contributed by atoms with Gasteiger partial charge in [0.2, 0.25) is 0 Å². The normalized spacial score (nSPS) is 25.4. The molecular formula is C23H29ClN4O3S. The molecule has 1 aliphatic carbocycles. The fourth-order valence-electron chi connectivity index (χ4n) is 5.39. The SMILES string of the molecule is O=C(NC1CS(=O)(=O)CC1N1CCCC1)c1nn(-c2ccc(Cl)cc2)c2c1CCCCC2. The molecule has 1 aromatic heterocycles. The number of rotatable bonds is 4. The van der Waals surface area contributed by atoms with E-state index in [-0.39, 0.29) is 23.5 Å². The Morgan fingerprint density at radius 3 is 2.47 bits per heavy atom. The first-order valence-corrected chi connectivity index (χ1v) is 13.7. The Morgan fingerprint density at radius 1 is 1.00 bits per heavy atom. The van der Waals surface area contributed by atoms with Crippen molar-refractivity contribution in [3.05, 3.63) is 46.2 Å². The summed E-state index contributed by atoms with van der Waals surface area (Å²) in [6.07, 6.45) is 7.04. The van der Waals surface area contributed by atoms with Gasteiger partial charge in [0.05, 0.1) is 23.2 Å². The Kier molecular flexibility index (Phi) is 6.03. The van der Waals surface area contributed by atoms with E-state index in [1.807, 2.05) is 28.9 Å². The summed E-state index contributed by atoms with van der Waals surface area (Å²) in [6, 6.07) is 6.93. The van der Waals surface area contributed by atoms with Crippen molar-refractivity contribution in [1.82, 2.24) is 20.0 Å². The lowest BCUT2D eigenvalue weighted by atomic mass is 10.1. The highest BCUT2D eigenvalue weighted by molar-refractivity contribution is 7.91. The molecule has 7 nitrogen and oxygen atoms in total. The average molecular weight is 477 g/mol. The van der Waals surface area contributed by atoms with Crippen molar-refractivity contribution in [2.24, 2.45) is 0 Å². The van der Waals surface area contributed by atoms with Gasteiger partial charge in [0, 0.05) is 22.3 Å². The van der Waals surface area contributed by atoms with Gasteiger partial charge in [-0.05, 0) is 75.9 Å². The molecule has 1 amide bonds. The van der Waals surface area contributed by atoms with Gasteiger partial charge in [-0.3, -0.25) is 9.69 Å². The standard InChI is InChI=1S/C23H29ClN4O3S/c24-16-8-10-17(11-9-16)28-20-7-3-1-2-6-18(20)22(26-28)23(29)25-19-14-32(30,31)15-21(19)27-12-4-5-13-27/h8-11,19,21H,1-7,12-15H2,(H,25,29). The van der Waals surface area contributed by atoms with E-state index in [0.29, 0.717) is 10.7 Å². The number of hydrogen-bond acceptors (Lipinski definition) is 5. The fraction of sp³-hybridized carbons (Fsp3) is 0.565. The Hall–Kier alpha value is -1.90. The minimum absolute atomic E-state index is 0.00000986. The van der Waals surface area contributed by atoms with E-state index in [2.05, 4.69) is 10.2 Å². The summed E-state index contributed by atoms with van der Waals surface area (Å²) in [5, 5.41) is 8.45. The minimum atomic E-state index is -3.17. The first-order chi connectivity index (χ1) is 15.4. The molecule has 2 atom stereocenters. The zero-order valence-electron chi connectivity index (χ0n) is 18.1. The lowest BCUT2D eigenvalue weighted by molar-refractivity contribution is 0.0912. The summed E-state index contributed by atoms with van der Waals surface area (Å²) in [6.45, 7) is 1.79. The van der Waals surface area contributed by atoms with E-state index in [4.69, 9.17) is 16.7 Å². The van der Waals surface area contributed by atoms with E-state index >= 15 is 0 Å². The lowest BCUT2D eigenvalue weighted by Crippen LogP contribution is -2.50. The summed E-state index contributed by atoms with van der Waals surface area (Å²) in [5.74, 6) is -0.142. The van der Waals surface area contributed by atoms with Crippen molar-refractivity contribution in [3.8, 4) is 5.69 Å². The zero-order valence-corrected chi connectivity index (χ0v) is 19.7. The van der Waals surface area contributed by atoms with Gasteiger partial charge in [-0.25, -0.2) is 13.1 Å². The van der Waals surface area contributed by atoms with Crippen LogP contribution >= 0.6 is 11.6 Å². The molecule has 0 bridgehead atoms. The molecule has 1 N–H and O–H groups in total. The third-order valence-electron chi connectivity index (χ3n) is 6.97. The van der Waals surface area contributed by atoms with Crippen LogP contribution < -0.4 is 5.32 Å². The quantitative estimate of drug-likeness (QED) is 0.686. The molecule has 3 aliphatic rings. The van der Waals surface area contributed by atoms with Crippen molar-refractivity contribution >= 4 is 27.3 Å². The third kappa shape index (κ3) is 4.32. The van der Waals surface area contributed by atoms with Crippen LogP contribution in [0.2, 0.25) is 5.02 Å². The number of carbonyl (C=O) groups excluding carboxylic acids is 1. The van der Waals surface area contributed by atoms with Crippen LogP contribution in [-0.2, 0) is 22.7 Å². The first-order valence-electron chi connectivity index (χ1n) is 11.5. The summed E-state index contributed by atoms with van der Waals surface area (Å²) in [5.41, 5.74) is 3.38. The molecule has 2 unspecified atom stereocenters. The van der Waals surface area contributed by atoms with Crippen LogP contribution in [0, 0.1) is 0 Å². The second-order valence-corrected chi connectivity index (χ2v) is 11.8. The maximum Gasteiger partial charge on any atom is 0.272 e. The number of halogens is 1. The van der Waals surface area contributed by atoms with Crippen molar-refractivity contribution in [2.45, 2.75) is 57.0 Å². The van der Waals surface area contributed by atoms with Crippen molar-refractivity contribution < 1.29 is 13.2 Å². The molecule has 0 radical (unpaired) electrons. The topological polar surface area (TPSA) is 84.3 Å². The van der Waals surface area contributed by atoms with Crippen LogP contribution in [0.3, 0.4) is 0 Å². The number of nitrogens with zero attached hydrogens (tertiary/aromatic N) is 3. The number of nitrogens with one attached hydrogen (secondary N) is 1. The summed E-state index contributed by atoms with van der Waals surface area (Å²) in [7, 11) is -3.17. The fourth-order valence-corrected chi connectivity index (χ4v) is 7.47. The largest absolute Gasteiger partial charge is 0.345 e. The monoisotopic (exact) mass is 476 g/mol. The maximum atomic E-state index is 13.4. The average Bonchev–Trinajstić information content (AvgIpc) is 3.43.